The highest BCUT2D eigenvalue weighted by molar-refractivity contribution is 7.88. The summed E-state index contributed by atoms with van der Waals surface area (Å²) in [6.07, 6.45) is -0.318. The summed E-state index contributed by atoms with van der Waals surface area (Å²) in [5.41, 5.74) is -1.95. The number of benzene rings is 7. The van der Waals surface area contributed by atoms with Gasteiger partial charge in [-0.05, 0) is 108 Å². The average Bonchev–Trinajstić information content (AvgIpc) is 0.752. The number of carboxylic acids is 1. The molecular formula is C53H48N3O28S8+. The molecule has 0 aromatic heterocycles. The third kappa shape index (κ3) is 16.1. The minimum Gasteiger partial charge on any atom is -0.481 e. The van der Waals surface area contributed by atoms with E-state index in [4.69, 9.17) is 4.42 Å². The monoisotopic (exact) mass is 1430 g/mol. The number of hydrogen-bond donors (Lipinski definition) is 9. The topological polar surface area (TPSA) is 512 Å². The van der Waals surface area contributed by atoms with E-state index in [9.17, 15) is 118 Å². The summed E-state index contributed by atoms with van der Waals surface area (Å²) in [6, 6.07) is 21.5. The molecule has 0 bridgehead atoms. The summed E-state index contributed by atoms with van der Waals surface area (Å²) < 4.78 is 290. The van der Waals surface area contributed by atoms with Gasteiger partial charge in [0.25, 0.3) is 86.9 Å². The van der Waals surface area contributed by atoms with E-state index in [0.717, 1.165) is 58.0 Å². The molecule has 92 heavy (non-hydrogen) atoms. The smallest absolute Gasteiger partial charge is 0.303 e. The lowest BCUT2D eigenvalue weighted by molar-refractivity contribution is -0.137. The summed E-state index contributed by atoms with van der Waals surface area (Å²) in [7, 11) is -41.1. The van der Waals surface area contributed by atoms with Crippen LogP contribution in [0.5, 0.6) is 0 Å². The Hall–Kier alpha value is -7.97. The number of carbonyl (C=O) groups excluding carboxylic acids is 1. The van der Waals surface area contributed by atoms with Crippen LogP contribution in [0.2, 0.25) is 0 Å². The Morgan fingerprint density at radius 3 is 1.28 bits per heavy atom. The van der Waals surface area contributed by atoms with Gasteiger partial charge in [-0.3, -0.25) is 46.0 Å². The molecule has 0 radical (unpaired) electrons. The van der Waals surface area contributed by atoms with E-state index in [2.05, 4.69) is 0 Å². The van der Waals surface area contributed by atoms with Crippen LogP contribution in [0.4, 0.5) is 5.69 Å². The normalized spacial score (nSPS) is 12.9. The summed E-state index contributed by atoms with van der Waals surface area (Å²) >= 11 is 0. The molecule has 6 aromatic carbocycles. The van der Waals surface area contributed by atoms with E-state index in [-0.39, 0.29) is 69.4 Å². The third-order valence-corrected chi connectivity index (χ3v) is 21.1. The number of nitrogens with zero attached hydrogens (tertiary/aromatic N) is 3. The Morgan fingerprint density at radius 2 is 0.870 bits per heavy atom. The van der Waals surface area contributed by atoms with Gasteiger partial charge < -0.3 is 19.3 Å². The number of aliphatic carboxylic acids is 1. The van der Waals surface area contributed by atoms with Crippen LogP contribution in [-0.2, 0) is 112 Å². The lowest BCUT2D eigenvalue weighted by Gasteiger charge is -2.27. The molecule has 1 heterocycles. The van der Waals surface area contributed by atoms with Crippen molar-refractivity contribution >= 4 is 109 Å². The second kappa shape index (κ2) is 25.5. The number of hydrogen-bond acceptors (Lipinski definition) is 20. The molecule has 490 valence electrons. The second-order valence-electron chi connectivity index (χ2n) is 20.2. The Balaban J connectivity index is 1.49. The fourth-order valence-electron chi connectivity index (χ4n) is 9.78. The lowest BCUT2D eigenvalue weighted by Crippen LogP contribution is -2.30. The molecule has 39 heteroatoms. The number of carbonyl (C=O) groups is 2. The molecule has 1 aliphatic carbocycles. The molecule has 0 saturated heterocycles. The van der Waals surface area contributed by atoms with E-state index in [0.29, 0.717) is 24.3 Å². The van der Waals surface area contributed by atoms with Gasteiger partial charge in [-0.2, -0.15) is 67.3 Å². The summed E-state index contributed by atoms with van der Waals surface area (Å²) in [5, 5.41) is 9.28. The molecule has 1 aliphatic heterocycles. The van der Waals surface area contributed by atoms with E-state index in [1.54, 1.807) is 0 Å². The molecule has 31 nitrogen and oxygen atoms in total. The minimum atomic E-state index is -5.44. The van der Waals surface area contributed by atoms with Crippen LogP contribution in [0.15, 0.2) is 177 Å². The number of amides is 1. The molecule has 9 N–H and O–H groups in total. The summed E-state index contributed by atoms with van der Waals surface area (Å²) in [4.78, 5) is 19.6. The van der Waals surface area contributed by atoms with Gasteiger partial charge in [0, 0.05) is 84.1 Å². The standard InChI is InChI=1S/C53H47N3O28S8/c1-54(20-4-7-51(57)58)53(59)42-6-3-2-5-41(42)52-43-18-12-35(55(27-31-8-14-37(85(60,61)62)23-47(31)89(72,73)74)28-32-9-15-38(86(63,64)65)24-48(32)90(75,76)77)21-45(43)84-46-22-36(13-19-44(46)52)56(29-33-10-16-39(87(66,67)68)25-49(33)91(78,79)80)30-34-11-17-40(88(69,70)71)26-50(34)92(81,82)83/h2-3,5-6,8-19,21-26H,4,7,20,27-30H2,1H3,(H8-,57,58,60,61,62,63,64,65,66,67,68,69,70,71,72,73,74,75,76,77,78,79,80,81,82,83)/p+1. The third-order valence-electron chi connectivity index (χ3n) is 14.0. The van der Waals surface area contributed by atoms with Gasteiger partial charge in [-0.15, -0.1) is 0 Å². The van der Waals surface area contributed by atoms with Crippen molar-refractivity contribution in [1.82, 2.24) is 9.48 Å². The highest BCUT2D eigenvalue weighted by Gasteiger charge is 2.31. The second-order valence-corrected chi connectivity index (χ2v) is 31.4. The van der Waals surface area contributed by atoms with Crippen LogP contribution in [0.25, 0.3) is 33.4 Å². The van der Waals surface area contributed by atoms with Gasteiger partial charge in [0.1, 0.15) is 30.9 Å². The number of fused-ring (bicyclic) bond motifs is 2. The van der Waals surface area contributed by atoms with Gasteiger partial charge in [0.15, 0.2) is 13.1 Å². The van der Waals surface area contributed by atoms with E-state index in [1.807, 2.05) is 0 Å². The average molecular weight is 1430 g/mol. The lowest BCUT2D eigenvalue weighted by atomic mass is 9.90. The van der Waals surface area contributed by atoms with Crippen LogP contribution in [0, 0.1) is 0 Å². The Morgan fingerprint density at radius 1 is 0.457 bits per heavy atom. The van der Waals surface area contributed by atoms with E-state index < -0.39 is 180 Å². The van der Waals surface area contributed by atoms with Crippen molar-refractivity contribution in [2.45, 2.75) is 78.2 Å². The maximum absolute atomic E-state index is 14.5. The van der Waals surface area contributed by atoms with Gasteiger partial charge in [-0.1, -0.05) is 30.3 Å². The first kappa shape index (κ1) is 69.9. The highest BCUT2D eigenvalue weighted by atomic mass is 32.2. The van der Waals surface area contributed by atoms with Gasteiger partial charge >= 0.3 is 5.97 Å². The largest absolute Gasteiger partial charge is 0.481 e. The predicted molar refractivity (Wildman–Crippen MR) is 319 cm³/mol. The Bertz CT molecular complexity index is 5180. The SMILES string of the molecule is CN(CCCC(=O)O)C(=O)c1ccccc1-c1c2ccc(=[N+](Cc3ccc(S(=O)(=O)O)cc3S(=O)(=O)O)Cc3ccc(S(=O)(=O)O)cc3S(=O)(=O)O)cc-2oc2cc(N(Cc3ccc(S(=O)(=O)O)cc3S(=O)(=O)O)Cc3ccc(S(=O)(=O)O)cc3S(=O)(=O)O)ccc12. The molecular weight excluding hydrogens is 1380 g/mol. The maximum Gasteiger partial charge on any atom is 0.303 e. The molecule has 0 atom stereocenters. The molecule has 6 aromatic rings. The van der Waals surface area contributed by atoms with Gasteiger partial charge in [0.05, 0.1) is 25.6 Å². The quantitative estimate of drug-likeness (QED) is 0.0242. The maximum atomic E-state index is 14.5. The van der Waals surface area contributed by atoms with Crippen LogP contribution in [0.3, 0.4) is 0 Å². The molecule has 0 fully saturated rings. The number of carboxylic acid groups (broad SMARTS) is 1. The number of rotatable bonds is 23. The number of anilines is 1. The predicted octanol–water partition coefficient (Wildman–Crippen LogP) is 4.49. The molecule has 2 aliphatic rings. The van der Waals surface area contributed by atoms with Crippen molar-refractivity contribution in [2.24, 2.45) is 0 Å². The summed E-state index contributed by atoms with van der Waals surface area (Å²) in [6.45, 7) is -3.37. The van der Waals surface area contributed by atoms with Crippen molar-refractivity contribution in [3.05, 3.63) is 167 Å². The van der Waals surface area contributed by atoms with Crippen molar-refractivity contribution in [3.63, 3.8) is 0 Å². The van der Waals surface area contributed by atoms with Crippen LogP contribution < -0.4 is 14.8 Å². The highest BCUT2D eigenvalue weighted by Crippen LogP contribution is 2.43. The van der Waals surface area contributed by atoms with Crippen LogP contribution >= 0.6 is 0 Å². The van der Waals surface area contributed by atoms with Crippen molar-refractivity contribution in [3.8, 4) is 22.5 Å². The fourth-order valence-corrected chi connectivity index (χ4v) is 15.1. The zero-order valence-electron chi connectivity index (χ0n) is 46.5. The van der Waals surface area contributed by atoms with Gasteiger partial charge in [-0.25, -0.2) is 4.58 Å². The Labute approximate surface area is 524 Å². The Kier molecular flexibility index (Phi) is 19.4. The van der Waals surface area contributed by atoms with Crippen molar-refractivity contribution in [2.75, 3.05) is 18.5 Å². The molecule has 1 amide bonds. The minimum absolute atomic E-state index is 0.00794. The van der Waals surface area contributed by atoms with Crippen LogP contribution in [0.1, 0.15) is 45.5 Å². The zero-order valence-corrected chi connectivity index (χ0v) is 53.1. The molecule has 0 saturated carbocycles. The molecule has 0 spiro atoms. The van der Waals surface area contributed by atoms with Crippen molar-refractivity contribution in [1.29, 1.82) is 0 Å². The van der Waals surface area contributed by atoms with E-state index >= 15 is 0 Å². The first-order valence-corrected chi connectivity index (χ1v) is 37.0. The van der Waals surface area contributed by atoms with Crippen molar-refractivity contribution < 1.29 is 123 Å². The first-order chi connectivity index (χ1) is 42.3. The molecule has 0 unspecified atom stereocenters. The van der Waals surface area contributed by atoms with Crippen LogP contribution in [-0.4, -0.2) is 139 Å². The zero-order chi connectivity index (χ0) is 68.2. The fraction of sp³-hybridized carbons (Fsp3) is 0.151. The summed E-state index contributed by atoms with van der Waals surface area (Å²) in [5.74, 6) is -2.06. The van der Waals surface area contributed by atoms with E-state index in [1.165, 1.54) is 72.6 Å². The molecule has 8 rings (SSSR count). The first-order valence-electron chi connectivity index (χ1n) is 25.5. The van der Waals surface area contributed by atoms with Gasteiger partial charge in [0.2, 0.25) is 5.36 Å².